The molecular formula is C21H32N2O3S. The van der Waals surface area contributed by atoms with Crippen LogP contribution in [-0.2, 0) is 16.6 Å². The molecule has 1 heterocycles. The van der Waals surface area contributed by atoms with Crippen molar-refractivity contribution in [1.82, 2.24) is 4.90 Å². The van der Waals surface area contributed by atoms with Crippen LogP contribution in [0.15, 0.2) is 28.8 Å². The van der Waals surface area contributed by atoms with Crippen LogP contribution in [0.2, 0.25) is 0 Å². The smallest absolute Gasteiger partial charge is 0.315 e. The van der Waals surface area contributed by atoms with Gasteiger partial charge in [-0.05, 0) is 62.9 Å². The number of carboxylic acids is 1. The Morgan fingerprint density at radius 3 is 2.33 bits per heavy atom. The maximum absolute atomic E-state index is 12.8. The lowest BCUT2D eigenvalue weighted by atomic mass is 9.63. The summed E-state index contributed by atoms with van der Waals surface area (Å²) in [5.41, 5.74) is 0.894. The molecule has 1 unspecified atom stereocenters. The van der Waals surface area contributed by atoms with Crippen LogP contribution in [0.1, 0.15) is 57.6 Å². The number of hydrogen-bond donors (Lipinski definition) is 1. The molecule has 1 saturated heterocycles. The summed E-state index contributed by atoms with van der Waals surface area (Å²) in [5, 5.41) is 10.5. The number of piperidine rings is 1. The first-order valence-electron chi connectivity index (χ1n) is 9.83. The van der Waals surface area contributed by atoms with E-state index < -0.39 is 16.1 Å². The first-order chi connectivity index (χ1) is 12.8. The quantitative estimate of drug-likeness (QED) is 0.479. The molecule has 0 radical (unpaired) electrons. The third kappa shape index (κ3) is 4.37. The zero-order valence-electron chi connectivity index (χ0n) is 16.9. The van der Waals surface area contributed by atoms with Crippen LogP contribution < -0.4 is 0 Å². The average molecular weight is 393 g/mol. The summed E-state index contributed by atoms with van der Waals surface area (Å²) >= 11 is 0.949. The molecule has 1 aromatic carbocycles. The Balaban J connectivity index is 2.56. The second-order valence-electron chi connectivity index (χ2n) is 8.22. The number of nitrogens with zero attached hydrogens (tertiary/aromatic N) is 2. The van der Waals surface area contributed by atoms with Gasteiger partial charge in [0.1, 0.15) is 5.41 Å². The standard InChI is InChI=1S/C21H32N2O3S/c1-5-10-21(19(24)25,18-8-6-17(7-9-18)15-16(2)3)20(27-22-26)11-13-23(4)14-12-20/h6-9,16H,5,10-15H2,1-4H3,(H,24,25). The van der Waals surface area contributed by atoms with Gasteiger partial charge >= 0.3 is 5.97 Å². The minimum atomic E-state index is -1.11. The molecule has 5 nitrogen and oxygen atoms in total. The van der Waals surface area contributed by atoms with Gasteiger partial charge in [-0.2, -0.15) is 0 Å². The fraction of sp³-hybridized carbons (Fsp3) is 0.667. The van der Waals surface area contributed by atoms with Crippen molar-refractivity contribution in [3.05, 3.63) is 40.3 Å². The second kappa shape index (κ2) is 9.20. The summed E-state index contributed by atoms with van der Waals surface area (Å²) in [6, 6.07) is 8.02. The SMILES string of the molecule is CCCC(C(=O)O)(c1ccc(CC(C)C)cc1)C1(SN=O)CCN(C)CC1. The maximum Gasteiger partial charge on any atom is 0.315 e. The highest BCUT2D eigenvalue weighted by Crippen LogP contribution is 2.54. The van der Waals surface area contributed by atoms with Crippen LogP contribution in [0.25, 0.3) is 0 Å². The van der Waals surface area contributed by atoms with E-state index in [-0.39, 0.29) is 0 Å². The van der Waals surface area contributed by atoms with Crippen LogP contribution in [0.3, 0.4) is 0 Å². The molecule has 0 bridgehead atoms. The molecule has 1 aliphatic heterocycles. The molecule has 1 fully saturated rings. The van der Waals surface area contributed by atoms with E-state index in [1.807, 2.05) is 38.2 Å². The molecule has 1 aliphatic rings. The van der Waals surface area contributed by atoms with Crippen LogP contribution in [0.4, 0.5) is 0 Å². The van der Waals surface area contributed by atoms with Crippen molar-refractivity contribution in [2.24, 2.45) is 10.5 Å². The van der Waals surface area contributed by atoms with Crippen molar-refractivity contribution in [2.75, 3.05) is 20.1 Å². The molecule has 27 heavy (non-hydrogen) atoms. The highest BCUT2D eigenvalue weighted by atomic mass is 32.2. The Hall–Kier alpha value is -1.40. The summed E-state index contributed by atoms with van der Waals surface area (Å²) in [6.45, 7) is 7.89. The van der Waals surface area contributed by atoms with Crippen LogP contribution in [0, 0.1) is 10.8 Å². The van der Waals surface area contributed by atoms with Gasteiger partial charge < -0.3 is 10.0 Å². The first kappa shape index (κ1) is 21.9. The van der Waals surface area contributed by atoms with Gasteiger partial charge in [-0.25, -0.2) is 0 Å². The highest BCUT2D eigenvalue weighted by molar-refractivity contribution is 7.99. The monoisotopic (exact) mass is 392 g/mol. The maximum atomic E-state index is 12.8. The van der Waals surface area contributed by atoms with Gasteiger partial charge in [-0.15, -0.1) is 4.91 Å². The Labute approximate surface area is 167 Å². The lowest BCUT2D eigenvalue weighted by Gasteiger charge is -2.49. The van der Waals surface area contributed by atoms with Crippen molar-refractivity contribution in [3.8, 4) is 0 Å². The number of carbonyl (C=O) groups is 1. The van der Waals surface area contributed by atoms with Crippen molar-refractivity contribution in [1.29, 1.82) is 0 Å². The van der Waals surface area contributed by atoms with E-state index in [1.54, 1.807) is 0 Å². The average Bonchev–Trinajstić information content (AvgIpc) is 2.62. The minimum Gasteiger partial charge on any atom is -0.481 e. The number of aliphatic carboxylic acids is 1. The van der Waals surface area contributed by atoms with Gasteiger partial charge in [0.05, 0.1) is 4.75 Å². The topological polar surface area (TPSA) is 70.0 Å². The van der Waals surface area contributed by atoms with Crippen LogP contribution in [0.5, 0.6) is 0 Å². The normalized spacial score (nSPS) is 19.6. The number of likely N-dealkylation sites (tertiary alicyclic amines) is 1. The van der Waals surface area contributed by atoms with Crippen molar-refractivity contribution >= 4 is 17.9 Å². The van der Waals surface area contributed by atoms with Crippen molar-refractivity contribution in [2.45, 2.75) is 63.0 Å². The Bertz CT molecular complexity index is 639. The summed E-state index contributed by atoms with van der Waals surface area (Å²) in [7, 11) is 2.03. The number of benzene rings is 1. The first-order valence-corrected chi connectivity index (χ1v) is 10.6. The molecule has 2 rings (SSSR count). The van der Waals surface area contributed by atoms with Crippen LogP contribution >= 0.6 is 11.9 Å². The molecule has 0 saturated carbocycles. The Morgan fingerprint density at radius 2 is 1.89 bits per heavy atom. The molecule has 0 spiro atoms. The van der Waals surface area contributed by atoms with Gasteiger partial charge in [-0.1, -0.05) is 51.5 Å². The molecular weight excluding hydrogens is 360 g/mol. The lowest BCUT2D eigenvalue weighted by Crippen LogP contribution is -2.58. The molecule has 150 valence electrons. The highest BCUT2D eigenvalue weighted by Gasteiger charge is 2.59. The van der Waals surface area contributed by atoms with E-state index in [9.17, 15) is 14.8 Å². The van der Waals surface area contributed by atoms with E-state index in [0.717, 1.165) is 43.4 Å². The molecule has 6 heteroatoms. The fourth-order valence-electron chi connectivity index (χ4n) is 4.48. The Kier molecular flexibility index (Phi) is 7.46. The molecule has 0 aromatic heterocycles. The summed E-state index contributed by atoms with van der Waals surface area (Å²) in [4.78, 5) is 26.3. The van der Waals surface area contributed by atoms with E-state index in [2.05, 4.69) is 23.3 Å². The largest absolute Gasteiger partial charge is 0.481 e. The molecule has 0 amide bonds. The number of rotatable bonds is 9. The predicted molar refractivity (Wildman–Crippen MR) is 112 cm³/mol. The number of carboxylic acid groups (broad SMARTS) is 1. The Morgan fingerprint density at radius 1 is 1.30 bits per heavy atom. The van der Waals surface area contributed by atoms with Crippen LogP contribution in [-0.4, -0.2) is 40.9 Å². The van der Waals surface area contributed by atoms with Crippen molar-refractivity contribution in [3.63, 3.8) is 0 Å². The van der Waals surface area contributed by atoms with Gasteiger partial charge in [-0.3, -0.25) is 4.79 Å². The van der Waals surface area contributed by atoms with Gasteiger partial charge in [0.2, 0.25) is 0 Å². The number of nitroso groups, excluding NO2 is 1. The minimum absolute atomic E-state index is 0.498. The van der Waals surface area contributed by atoms with Crippen molar-refractivity contribution < 1.29 is 9.90 Å². The van der Waals surface area contributed by atoms with E-state index in [1.165, 1.54) is 5.56 Å². The van der Waals surface area contributed by atoms with E-state index in [4.69, 9.17) is 0 Å². The molecule has 1 atom stereocenters. The van der Waals surface area contributed by atoms with Gasteiger partial charge in [0, 0.05) is 16.5 Å². The number of hydrogen-bond acceptors (Lipinski definition) is 5. The molecule has 1 aromatic rings. The zero-order chi connectivity index (χ0) is 20.1. The molecule has 0 aliphatic carbocycles. The van der Waals surface area contributed by atoms with E-state index >= 15 is 0 Å². The van der Waals surface area contributed by atoms with Gasteiger partial charge in [0.15, 0.2) is 0 Å². The summed E-state index contributed by atoms with van der Waals surface area (Å²) < 4.78 is 2.43. The lowest BCUT2D eigenvalue weighted by molar-refractivity contribution is -0.146. The summed E-state index contributed by atoms with van der Waals surface area (Å²) in [6.07, 6.45) is 3.48. The van der Waals surface area contributed by atoms with E-state index in [0.29, 0.717) is 25.2 Å². The zero-order valence-corrected chi connectivity index (χ0v) is 17.7. The third-order valence-corrected chi connectivity index (χ3v) is 7.05. The fourth-order valence-corrected chi connectivity index (χ4v) is 5.45. The van der Waals surface area contributed by atoms with Gasteiger partial charge in [0.25, 0.3) is 0 Å². The third-order valence-electron chi connectivity index (χ3n) is 5.87. The second-order valence-corrected chi connectivity index (χ2v) is 9.33. The predicted octanol–water partition coefficient (Wildman–Crippen LogP) is 4.89. The summed E-state index contributed by atoms with van der Waals surface area (Å²) in [5.74, 6) is -0.299. The molecule has 1 N–H and O–H groups in total.